The Labute approximate surface area is 149 Å². The lowest BCUT2D eigenvalue weighted by molar-refractivity contribution is -0.139. The van der Waals surface area contributed by atoms with Crippen LogP contribution in [0.15, 0.2) is 52.8 Å². The van der Waals surface area contributed by atoms with Crippen molar-refractivity contribution < 1.29 is 13.2 Å². The summed E-state index contributed by atoms with van der Waals surface area (Å²) >= 11 is 1.46. The second-order valence-corrected chi connectivity index (χ2v) is 6.75. The minimum absolute atomic E-state index is 0.105. The van der Waals surface area contributed by atoms with Crippen LogP contribution >= 0.6 is 11.8 Å². The zero-order chi connectivity index (χ0) is 18.3. The number of alkyl halides is 3. The van der Waals surface area contributed by atoms with Crippen molar-refractivity contribution >= 4 is 11.8 Å². The third-order valence-electron chi connectivity index (χ3n) is 4.09. The molecule has 4 rings (SSSR count). The molecule has 0 saturated carbocycles. The third kappa shape index (κ3) is 2.90. The molecule has 3 aromatic rings. The highest BCUT2D eigenvalue weighted by molar-refractivity contribution is 7.99. The first-order valence-corrected chi connectivity index (χ1v) is 8.68. The fourth-order valence-corrected chi connectivity index (χ4v) is 3.97. The molecule has 1 aliphatic heterocycles. The van der Waals surface area contributed by atoms with Crippen LogP contribution in [0, 0.1) is 0 Å². The Kier molecular flexibility index (Phi) is 4.06. The molecule has 3 aromatic heterocycles. The van der Waals surface area contributed by atoms with Gasteiger partial charge in [0.2, 0.25) is 0 Å². The number of fused-ring (bicyclic) bond motifs is 1. The SMILES string of the molecule is O=c1c(C(F)(F)F)cccn1CC1CSc2nnc(-c3cccnc3)n21. The predicted molar refractivity (Wildman–Crippen MR) is 88.7 cm³/mol. The van der Waals surface area contributed by atoms with Crippen molar-refractivity contribution in [3.05, 3.63) is 58.8 Å². The number of hydrogen-bond donors (Lipinski definition) is 0. The van der Waals surface area contributed by atoms with E-state index in [0.717, 1.165) is 16.2 Å². The fourth-order valence-electron chi connectivity index (χ4n) is 2.90. The van der Waals surface area contributed by atoms with Crippen molar-refractivity contribution in [1.82, 2.24) is 24.3 Å². The number of rotatable bonds is 3. The fraction of sp³-hybridized carbons (Fsp3) is 0.250. The van der Waals surface area contributed by atoms with E-state index in [4.69, 9.17) is 0 Å². The molecule has 26 heavy (non-hydrogen) atoms. The molecule has 6 nitrogen and oxygen atoms in total. The van der Waals surface area contributed by atoms with Gasteiger partial charge in [-0.05, 0) is 24.3 Å². The Hall–Kier alpha value is -2.62. The molecule has 4 heterocycles. The van der Waals surface area contributed by atoms with E-state index in [9.17, 15) is 18.0 Å². The Bertz CT molecular complexity index is 999. The third-order valence-corrected chi connectivity index (χ3v) is 5.18. The van der Waals surface area contributed by atoms with E-state index in [1.165, 1.54) is 24.0 Å². The van der Waals surface area contributed by atoms with Gasteiger partial charge in [0.05, 0.1) is 6.04 Å². The van der Waals surface area contributed by atoms with Gasteiger partial charge >= 0.3 is 6.18 Å². The summed E-state index contributed by atoms with van der Waals surface area (Å²) in [5.74, 6) is 1.18. The first-order chi connectivity index (χ1) is 12.4. The number of halogens is 3. The summed E-state index contributed by atoms with van der Waals surface area (Å²) in [5.41, 5.74) is -1.45. The molecule has 0 spiro atoms. The van der Waals surface area contributed by atoms with E-state index >= 15 is 0 Å². The summed E-state index contributed by atoms with van der Waals surface area (Å²) < 4.78 is 41.9. The van der Waals surface area contributed by atoms with Gasteiger partial charge in [0.15, 0.2) is 11.0 Å². The smallest absolute Gasteiger partial charge is 0.313 e. The molecule has 0 aromatic carbocycles. The molecule has 0 amide bonds. The Balaban J connectivity index is 1.70. The van der Waals surface area contributed by atoms with Gasteiger partial charge in [-0.15, -0.1) is 10.2 Å². The van der Waals surface area contributed by atoms with E-state index in [-0.39, 0.29) is 12.6 Å². The van der Waals surface area contributed by atoms with Crippen LogP contribution in [-0.2, 0) is 12.7 Å². The monoisotopic (exact) mass is 379 g/mol. The van der Waals surface area contributed by atoms with Gasteiger partial charge in [0.25, 0.3) is 5.56 Å². The first-order valence-electron chi connectivity index (χ1n) is 7.70. The summed E-state index contributed by atoms with van der Waals surface area (Å²) in [6, 6.07) is 5.41. The number of hydrogen-bond acceptors (Lipinski definition) is 5. The lowest BCUT2D eigenvalue weighted by Crippen LogP contribution is -2.30. The molecule has 1 atom stereocenters. The Morgan fingerprint density at radius 3 is 2.81 bits per heavy atom. The highest BCUT2D eigenvalue weighted by atomic mass is 32.2. The van der Waals surface area contributed by atoms with Crippen LogP contribution in [0.2, 0.25) is 0 Å². The van der Waals surface area contributed by atoms with Crippen molar-refractivity contribution in [2.24, 2.45) is 0 Å². The quantitative estimate of drug-likeness (QED) is 0.700. The second kappa shape index (κ2) is 6.27. The largest absolute Gasteiger partial charge is 0.421 e. The molecule has 1 unspecified atom stereocenters. The van der Waals surface area contributed by atoms with Crippen LogP contribution in [0.5, 0.6) is 0 Å². The van der Waals surface area contributed by atoms with Crippen molar-refractivity contribution in [3.63, 3.8) is 0 Å². The van der Waals surface area contributed by atoms with Gasteiger partial charge in [-0.2, -0.15) is 13.2 Å². The van der Waals surface area contributed by atoms with Crippen LogP contribution in [0.3, 0.4) is 0 Å². The molecule has 0 radical (unpaired) electrons. The van der Waals surface area contributed by atoms with E-state index in [2.05, 4.69) is 15.2 Å². The summed E-state index contributed by atoms with van der Waals surface area (Å²) in [5, 5.41) is 8.96. The molecular formula is C16H12F3N5OS. The molecule has 0 N–H and O–H groups in total. The number of thioether (sulfide) groups is 1. The summed E-state index contributed by atoms with van der Waals surface area (Å²) in [6.45, 7) is 0.105. The molecule has 0 aliphatic carbocycles. The molecular weight excluding hydrogens is 367 g/mol. The van der Waals surface area contributed by atoms with E-state index in [1.54, 1.807) is 18.5 Å². The summed E-state index contributed by atoms with van der Waals surface area (Å²) in [6.07, 6.45) is -0.0194. The van der Waals surface area contributed by atoms with E-state index in [0.29, 0.717) is 16.7 Å². The summed E-state index contributed by atoms with van der Waals surface area (Å²) in [4.78, 5) is 16.3. The van der Waals surface area contributed by atoms with Gasteiger partial charge in [-0.25, -0.2) is 0 Å². The zero-order valence-electron chi connectivity index (χ0n) is 13.2. The standard InChI is InChI=1S/C16H12F3N5OS/c17-16(18,19)12-4-2-6-23(14(12)25)8-11-9-26-15-22-21-13(24(11)15)10-3-1-5-20-7-10/h1-7,11H,8-9H2. The highest BCUT2D eigenvalue weighted by Gasteiger charge is 2.35. The molecule has 134 valence electrons. The maximum Gasteiger partial charge on any atom is 0.421 e. The maximum atomic E-state index is 13.0. The van der Waals surface area contributed by atoms with Crippen molar-refractivity contribution in [3.8, 4) is 11.4 Å². The zero-order valence-corrected chi connectivity index (χ0v) is 14.0. The lowest BCUT2D eigenvalue weighted by atomic mass is 10.2. The van der Waals surface area contributed by atoms with Crippen LogP contribution in [0.25, 0.3) is 11.4 Å². The van der Waals surface area contributed by atoms with E-state index < -0.39 is 17.3 Å². The normalized spacial score (nSPS) is 16.7. The van der Waals surface area contributed by atoms with Crippen LogP contribution in [0.4, 0.5) is 13.2 Å². The molecule has 0 saturated heterocycles. The van der Waals surface area contributed by atoms with Gasteiger partial charge in [-0.1, -0.05) is 11.8 Å². The van der Waals surface area contributed by atoms with Gasteiger partial charge < -0.3 is 4.57 Å². The number of pyridine rings is 2. The molecule has 0 bridgehead atoms. The average molecular weight is 379 g/mol. The van der Waals surface area contributed by atoms with Gasteiger partial charge in [0, 0.05) is 36.5 Å². The van der Waals surface area contributed by atoms with Crippen molar-refractivity contribution in [1.29, 1.82) is 0 Å². The molecule has 1 aliphatic rings. The average Bonchev–Trinajstić information content (AvgIpc) is 3.19. The Morgan fingerprint density at radius 1 is 1.23 bits per heavy atom. The minimum atomic E-state index is -4.67. The second-order valence-electron chi connectivity index (χ2n) is 5.76. The van der Waals surface area contributed by atoms with E-state index in [1.807, 2.05) is 10.6 Å². The maximum absolute atomic E-state index is 13.0. The molecule has 0 fully saturated rings. The lowest BCUT2D eigenvalue weighted by Gasteiger charge is -2.17. The first kappa shape index (κ1) is 16.8. The van der Waals surface area contributed by atoms with Crippen LogP contribution in [0.1, 0.15) is 11.6 Å². The van der Waals surface area contributed by atoms with Gasteiger partial charge in [-0.3, -0.25) is 14.3 Å². The van der Waals surface area contributed by atoms with Gasteiger partial charge in [0.1, 0.15) is 5.56 Å². The minimum Gasteiger partial charge on any atom is -0.313 e. The predicted octanol–water partition coefficient (Wildman–Crippen LogP) is 2.87. The van der Waals surface area contributed by atoms with Crippen molar-refractivity contribution in [2.45, 2.75) is 23.9 Å². The van der Waals surface area contributed by atoms with Crippen LogP contribution in [-0.4, -0.2) is 30.1 Å². The van der Waals surface area contributed by atoms with Crippen molar-refractivity contribution in [2.75, 3.05) is 5.75 Å². The number of nitrogens with zero attached hydrogens (tertiary/aromatic N) is 5. The number of aromatic nitrogens is 5. The topological polar surface area (TPSA) is 65.6 Å². The summed E-state index contributed by atoms with van der Waals surface area (Å²) in [7, 11) is 0. The van der Waals surface area contributed by atoms with Crippen LogP contribution < -0.4 is 5.56 Å². The Morgan fingerprint density at radius 2 is 2.08 bits per heavy atom. The highest BCUT2D eigenvalue weighted by Crippen LogP contribution is 2.36. The molecule has 10 heteroatoms.